The van der Waals surface area contributed by atoms with Crippen molar-refractivity contribution in [3.63, 3.8) is 0 Å². The molecule has 2 aromatic heterocycles. The number of imidazole rings is 1. The highest BCUT2D eigenvalue weighted by molar-refractivity contribution is 9.10. The molecular weight excluding hydrogens is 280 g/mol. The third-order valence-electron chi connectivity index (χ3n) is 2.46. The van der Waals surface area contributed by atoms with Crippen LogP contribution in [0.4, 0.5) is 5.69 Å². The minimum absolute atomic E-state index is 0.767. The summed E-state index contributed by atoms with van der Waals surface area (Å²) < 4.78 is 3.01. The Bertz CT molecular complexity index is 464. The van der Waals surface area contributed by atoms with Crippen LogP contribution in [0.2, 0.25) is 0 Å². The van der Waals surface area contributed by atoms with Crippen LogP contribution >= 0.6 is 15.9 Å². The van der Waals surface area contributed by atoms with Gasteiger partial charge in [0.15, 0.2) is 0 Å². The summed E-state index contributed by atoms with van der Waals surface area (Å²) in [5, 5.41) is 3.33. The van der Waals surface area contributed by atoms with E-state index in [0.717, 1.165) is 29.8 Å². The van der Waals surface area contributed by atoms with Crippen LogP contribution in [-0.4, -0.2) is 14.5 Å². The van der Waals surface area contributed by atoms with Gasteiger partial charge in [-0.05, 0) is 34.5 Å². The fraction of sp³-hybridized carbons (Fsp3) is 0.333. The van der Waals surface area contributed by atoms with Crippen LogP contribution in [0.3, 0.4) is 0 Å². The minimum Gasteiger partial charge on any atom is -0.378 e. The molecule has 0 saturated carbocycles. The lowest BCUT2D eigenvalue weighted by atomic mass is 10.3. The van der Waals surface area contributed by atoms with Gasteiger partial charge < -0.3 is 9.88 Å². The van der Waals surface area contributed by atoms with E-state index < -0.39 is 0 Å². The summed E-state index contributed by atoms with van der Waals surface area (Å²) in [7, 11) is 0. The van der Waals surface area contributed by atoms with E-state index in [9.17, 15) is 0 Å². The summed E-state index contributed by atoms with van der Waals surface area (Å²) in [6.45, 7) is 3.94. The van der Waals surface area contributed by atoms with Gasteiger partial charge in [0.05, 0.1) is 30.5 Å². The Balaban J connectivity index is 1.97. The molecule has 0 saturated heterocycles. The van der Waals surface area contributed by atoms with Crippen molar-refractivity contribution in [1.29, 1.82) is 0 Å². The molecule has 0 unspecified atom stereocenters. The number of hydrogen-bond donors (Lipinski definition) is 1. The summed E-state index contributed by atoms with van der Waals surface area (Å²) in [4.78, 5) is 8.34. The van der Waals surface area contributed by atoms with Crippen molar-refractivity contribution >= 4 is 21.6 Å². The number of aromatic nitrogens is 3. The Hall–Kier alpha value is -1.36. The number of nitrogens with zero attached hydrogens (tertiary/aromatic N) is 3. The monoisotopic (exact) mass is 294 g/mol. The van der Waals surface area contributed by atoms with Crippen LogP contribution in [0.25, 0.3) is 0 Å². The lowest BCUT2D eigenvalue weighted by molar-refractivity contribution is 0.651. The first kappa shape index (κ1) is 12.1. The van der Waals surface area contributed by atoms with Gasteiger partial charge in [-0.25, -0.2) is 9.97 Å². The summed E-state index contributed by atoms with van der Waals surface area (Å²) >= 11 is 3.31. The summed E-state index contributed by atoms with van der Waals surface area (Å²) in [5.74, 6) is 0. The highest BCUT2D eigenvalue weighted by Crippen LogP contribution is 2.11. The molecule has 90 valence electrons. The zero-order valence-electron chi connectivity index (χ0n) is 9.73. The molecule has 4 nitrogen and oxygen atoms in total. The zero-order chi connectivity index (χ0) is 12.1. The second-order valence-corrected chi connectivity index (χ2v) is 4.61. The fourth-order valence-corrected chi connectivity index (χ4v) is 1.85. The molecule has 0 amide bonds. The van der Waals surface area contributed by atoms with Crippen LogP contribution in [0, 0.1) is 0 Å². The standard InChI is InChI=1S/C12H15BrN4/c1-2-5-17-9-14-7-11(17)8-15-10-3-4-12(13)16-6-10/h3-4,6-7,9,15H,2,5,8H2,1H3. The van der Waals surface area contributed by atoms with Crippen LogP contribution < -0.4 is 5.32 Å². The average Bonchev–Trinajstić information content (AvgIpc) is 2.77. The first-order valence-corrected chi connectivity index (χ1v) is 6.43. The fourth-order valence-electron chi connectivity index (χ4n) is 1.61. The molecule has 0 spiro atoms. The molecule has 2 aromatic rings. The quantitative estimate of drug-likeness (QED) is 0.862. The number of rotatable bonds is 5. The van der Waals surface area contributed by atoms with Gasteiger partial charge in [-0.1, -0.05) is 6.92 Å². The third kappa shape index (κ3) is 3.30. The van der Waals surface area contributed by atoms with Crippen molar-refractivity contribution in [3.8, 4) is 0 Å². The Kier molecular flexibility index (Phi) is 4.14. The Morgan fingerprint density at radius 1 is 1.35 bits per heavy atom. The van der Waals surface area contributed by atoms with Crippen LogP contribution in [0.15, 0.2) is 35.5 Å². The number of aryl methyl sites for hydroxylation is 1. The smallest absolute Gasteiger partial charge is 0.106 e. The Labute approximate surface area is 109 Å². The molecule has 0 aliphatic rings. The number of pyridine rings is 1. The van der Waals surface area contributed by atoms with Crippen LogP contribution in [0.5, 0.6) is 0 Å². The number of anilines is 1. The van der Waals surface area contributed by atoms with E-state index in [1.807, 2.05) is 30.9 Å². The molecule has 0 radical (unpaired) electrons. The normalized spacial score (nSPS) is 10.5. The molecular formula is C12H15BrN4. The first-order valence-electron chi connectivity index (χ1n) is 5.64. The number of hydrogen-bond acceptors (Lipinski definition) is 3. The second kappa shape index (κ2) is 5.82. The van der Waals surface area contributed by atoms with Crippen molar-refractivity contribution in [1.82, 2.24) is 14.5 Å². The van der Waals surface area contributed by atoms with Gasteiger partial charge in [-0.3, -0.25) is 0 Å². The maximum atomic E-state index is 4.17. The van der Waals surface area contributed by atoms with Gasteiger partial charge >= 0.3 is 0 Å². The third-order valence-corrected chi connectivity index (χ3v) is 2.93. The average molecular weight is 295 g/mol. The maximum absolute atomic E-state index is 4.17. The molecule has 0 aliphatic carbocycles. The summed E-state index contributed by atoms with van der Waals surface area (Å²) in [6, 6.07) is 3.92. The summed E-state index contributed by atoms with van der Waals surface area (Å²) in [6.07, 6.45) is 6.70. The Morgan fingerprint density at radius 2 is 2.24 bits per heavy atom. The highest BCUT2D eigenvalue weighted by atomic mass is 79.9. The molecule has 2 heterocycles. The second-order valence-electron chi connectivity index (χ2n) is 3.80. The van der Waals surface area contributed by atoms with Gasteiger partial charge in [0.1, 0.15) is 4.60 Å². The predicted molar refractivity (Wildman–Crippen MR) is 71.8 cm³/mol. The van der Waals surface area contributed by atoms with E-state index in [1.165, 1.54) is 5.69 Å². The van der Waals surface area contributed by atoms with Gasteiger partial charge in [0.2, 0.25) is 0 Å². The van der Waals surface area contributed by atoms with Gasteiger partial charge in [-0.15, -0.1) is 0 Å². The van der Waals surface area contributed by atoms with Crippen LogP contribution in [0.1, 0.15) is 19.0 Å². The van der Waals surface area contributed by atoms with Gasteiger partial charge in [0, 0.05) is 12.7 Å². The molecule has 17 heavy (non-hydrogen) atoms. The maximum Gasteiger partial charge on any atom is 0.106 e. The molecule has 5 heteroatoms. The van der Waals surface area contributed by atoms with E-state index >= 15 is 0 Å². The zero-order valence-corrected chi connectivity index (χ0v) is 11.3. The minimum atomic E-state index is 0.767. The van der Waals surface area contributed by atoms with Crippen molar-refractivity contribution in [2.24, 2.45) is 0 Å². The molecule has 0 atom stereocenters. The Morgan fingerprint density at radius 3 is 2.94 bits per heavy atom. The van der Waals surface area contributed by atoms with Crippen molar-refractivity contribution in [3.05, 3.63) is 41.2 Å². The predicted octanol–water partition coefficient (Wildman–Crippen LogP) is 3.06. The molecule has 0 aromatic carbocycles. The molecule has 0 bridgehead atoms. The van der Waals surface area contributed by atoms with E-state index in [4.69, 9.17) is 0 Å². The largest absolute Gasteiger partial charge is 0.378 e. The molecule has 0 aliphatic heterocycles. The topological polar surface area (TPSA) is 42.7 Å². The van der Waals surface area contributed by atoms with Crippen molar-refractivity contribution in [2.75, 3.05) is 5.32 Å². The lowest BCUT2D eigenvalue weighted by Crippen LogP contribution is -2.07. The van der Waals surface area contributed by atoms with E-state index in [-0.39, 0.29) is 0 Å². The van der Waals surface area contributed by atoms with E-state index in [1.54, 1.807) is 0 Å². The molecule has 1 N–H and O–H groups in total. The molecule has 0 fully saturated rings. The van der Waals surface area contributed by atoms with Crippen molar-refractivity contribution < 1.29 is 0 Å². The number of halogens is 1. The highest BCUT2D eigenvalue weighted by Gasteiger charge is 2.01. The summed E-state index contributed by atoms with van der Waals surface area (Å²) in [5.41, 5.74) is 2.20. The van der Waals surface area contributed by atoms with Gasteiger partial charge in [-0.2, -0.15) is 0 Å². The molecule has 2 rings (SSSR count). The first-order chi connectivity index (χ1) is 8.29. The number of nitrogens with one attached hydrogen (secondary N) is 1. The van der Waals surface area contributed by atoms with Crippen molar-refractivity contribution in [2.45, 2.75) is 26.4 Å². The lowest BCUT2D eigenvalue weighted by Gasteiger charge is -2.08. The van der Waals surface area contributed by atoms with Crippen LogP contribution in [-0.2, 0) is 13.1 Å². The SMILES string of the molecule is CCCn1cncc1CNc1ccc(Br)nc1. The van der Waals surface area contributed by atoms with E-state index in [0.29, 0.717) is 0 Å². The van der Waals surface area contributed by atoms with Gasteiger partial charge in [0.25, 0.3) is 0 Å². The van der Waals surface area contributed by atoms with E-state index in [2.05, 4.69) is 42.7 Å².